The molecule has 0 bridgehead atoms. The largest absolute Gasteiger partial charge is 0.325 e. The van der Waals surface area contributed by atoms with Crippen molar-refractivity contribution in [3.05, 3.63) is 93.0 Å². The van der Waals surface area contributed by atoms with E-state index in [1.165, 1.54) is 4.31 Å². The lowest BCUT2D eigenvalue weighted by Gasteiger charge is -2.24. The Balaban J connectivity index is 1.95. The zero-order valence-electron chi connectivity index (χ0n) is 18.6. The summed E-state index contributed by atoms with van der Waals surface area (Å²) in [6, 6.07) is 18.5. The number of hydrogen-bond donors (Lipinski definition) is 1. The second-order valence-electron chi connectivity index (χ2n) is 8.04. The van der Waals surface area contributed by atoms with Gasteiger partial charge in [-0.3, -0.25) is 4.79 Å². The third-order valence-electron chi connectivity index (χ3n) is 5.13. The number of benzene rings is 3. The Morgan fingerprint density at radius 1 is 0.875 bits per heavy atom. The van der Waals surface area contributed by atoms with Gasteiger partial charge in [-0.1, -0.05) is 63.5 Å². The quantitative estimate of drug-likeness (QED) is 0.451. The van der Waals surface area contributed by atoms with Crippen molar-refractivity contribution in [3.63, 3.8) is 0 Å². The summed E-state index contributed by atoms with van der Waals surface area (Å²) in [6.07, 6.45) is 0. The number of aryl methyl sites for hydroxylation is 4. The second kappa shape index (κ2) is 9.98. The normalized spacial score (nSPS) is 11.6. The molecule has 0 aromatic heterocycles. The molecule has 5 nitrogen and oxygen atoms in total. The molecule has 1 amide bonds. The smallest absolute Gasteiger partial charge is 0.244 e. The summed E-state index contributed by atoms with van der Waals surface area (Å²) >= 11 is 3.36. The molecule has 7 heteroatoms. The van der Waals surface area contributed by atoms with Gasteiger partial charge in [0.1, 0.15) is 0 Å². The fraction of sp³-hybridized carbons (Fsp3) is 0.240. The van der Waals surface area contributed by atoms with Crippen LogP contribution < -0.4 is 5.32 Å². The van der Waals surface area contributed by atoms with E-state index in [-0.39, 0.29) is 18.0 Å². The van der Waals surface area contributed by atoms with Crippen molar-refractivity contribution in [1.82, 2.24) is 4.31 Å². The molecule has 0 unspecified atom stereocenters. The Morgan fingerprint density at radius 2 is 1.44 bits per heavy atom. The minimum Gasteiger partial charge on any atom is -0.325 e. The molecule has 0 radical (unpaired) electrons. The first-order chi connectivity index (χ1) is 15.1. The fourth-order valence-corrected chi connectivity index (χ4v) is 5.78. The molecule has 0 aliphatic rings. The Bertz CT molecular complexity index is 1200. The van der Waals surface area contributed by atoms with Crippen molar-refractivity contribution < 1.29 is 13.2 Å². The lowest BCUT2D eigenvalue weighted by atomic mass is 10.1. The van der Waals surface area contributed by atoms with E-state index < -0.39 is 15.9 Å². The van der Waals surface area contributed by atoms with E-state index in [2.05, 4.69) is 21.2 Å². The van der Waals surface area contributed by atoms with Crippen LogP contribution in [0.25, 0.3) is 0 Å². The third kappa shape index (κ3) is 5.85. The number of nitrogens with one attached hydrogen (secondary N) is 1. The van der Waals surface area contributed by atoms with Crippen LogP contribution in [0.4, 0.5) is 5.69 Å². The summed E-state index contributed by atoms with van der Waals surface area (Å²) in [5.74, 6) is -0.398. The highest BCUT2D eigenvalue weighted by atomic mass is 79.9. The first-order valence-corrected chi connectivity index (χ1v) is 12.5. The van der Waals surface area contributed by atoms with Crippen LogP contribution in [0.1, 0.15) is 27.8 Å². The maximum atomic E-state index is 13.7. The fourth-order valence-electron chi connectivity index (χ4n) is 3.72. The molecule has 168 valence electrons. The topological polar surface area (TPSA) is 66.5 Å². The minimum absolute atomic E-state index is 0.100. The first kappa shape index (κ1) is 24.2. The SMILES string of the molecule is Cc1ccc(CN(CC(=O)Nc2ccc(Br)cc2)S(=O)(=O)c2c(C)cc(C)cc2C)cc1. The molecule has 3 rings (SSSR count). The Kier molecular flexibility index (Phi) is 7.54. The van der Waals surface area contributed by atoms with Crippen molar-refractivity contribution in [2.45, 2.75) is 39.1 Å². The van der Waals surface area contributed by atoms with Gasteiger partial charge in [0.05, 0.1) is 11.4 Å². The molecule has 0 aliphatic heterocycles. The van der Waals surface area contributed by atoms with E-state index in [1.807, 2.05) is 62.4 Å². The highest BCUT2D eigenvalue weighted by Crippen LogP contribution is 2.27. The standard InChI is InChI=1S/C25H27BrN2O3S/c1-17-5-7-21(8-6-17)15-28(16-24(29)27-23-11-9-22(26)10-12-23)32(30,31)25-19(3)13-18(2)14-20(25)4/h5-14H,15-16H2,1-4H3,(H,27,29). The summed E-state index contributed by atoms with van der Waals surface area (Å²) < 4.78 is 29.6. The van der Waals surface area contributed by atoms with Gasteiger partial charge in [0.2, 0.25) is 15.9 Å². The lowest BCUT2D eigenvalue weighted by Crippen LogP contribution is -2.38. The monoisotopic (exact) mass is 514 g/mol. The van der Waals surface area contributed by atoms with Crippen molar-refractivity contribution in [3.8, 4) is 0 Å². The van der Waals surface area contributed by atoms with E-state index >= 15 is 0 Å². The predicted molar refractivity (Wildman–Crippen MR) is 132 cm³/mol. The van der Waals surface area contributed by atoms with E-state index in [1.54, 1.807) is 26.0 Å². The minimum atomic E-state index is -3.92. The van der Waals surface area contributed by atoms with Crippen LogP contribution in [-0.4, -0.2) is 25.2 Å². The van der Waals surface area contributed by atoms with Crippen LogP contribution in [0.5, 0.6) is 0 Å². The van der Waals surface area contributed by atoms with Crippen LogP contribution >= 0.6 is 15.9 Å². The summed E-state index contributed by atoms with van der Waals surface area (Å²) in [7, 11) is -3.92. The first-order valence-electron chi connectivity index (χ1n) is 10.3. The van der Waals surface area contributed by atoms with E-state index in [4.69, 9.17) is 0 Å². The van der Waals surface area contributed by atoms with Gasteiger partial charge in [0, 0.05) is 16.7 Å². The van der Waals surface area contributed by atoms with Gasteiger partial charge in [-0.05, 0) is 68.7 Å². The van der Waals surface area contributed by atoms with Gasteiger partial charge >= 0.3 is 0 Å². The highest BCUT2D eigenvalue weighted by molar-refractivity contribution is 9.10. The lowest BCUT2D eigenvalue weighted by molar-refractivity contribution is -0.116. The molecule has 0 aliphatic carbocycles. The molecule has 3 aromatic rings. The number of rotatable bonds is 7. The molecule has 0 saturated carbocycles. The summed E-state index contributed by atoms with van der Waals surface area (Å²) in [4.78, 5) is 13.1. The Hall–Kier alpha value is -2.48. The maximum Gasteiger partial charge on any atom is 0.244 e. The van der Waals surface area contributed by atoms with E-state index in [0.717, 1.165) is 21.2 Å². The number of carbonyl (C=O) groups is 1. The van der Waals surface area contributed by atoms with Gasteiger partial charge in [-0.25, -0.2) is 8.42 Å². The number of sulfonamides is 1. The summed E-state index contributed by atoms with van der Waals surface area (Å²) in [6.45, 7) is 7.30. The molecule has 0 fully saturated rings. The van der Waals surface area contributed by atoms with Crippen molar-refractivity contribution in [2.75, 3.05) is 11.9 Å². The molecule has 0 saturated heterocycles. The zero-order chi connectivity index (χ0) is 23.5. The molecule has 0 heterocycles. The molecular formula is C25H27BrN2O3S. The van der Waals surface area contributed by atoms with E-state index in [0.29, 0.717) is 16.8 Å². The van der Waals surface area contributed by atoms with Gasteiger partial charge in [-0.15, -0.1) is 0 Å². The third-order valence-corrected chi connectivity index (χ3v) is 7.76. The average molecular weight is 515 g/mol. The van der Waals surface area contributed by atoms with Gasteiger partial charge in [0.15, 0.2) is 0 Å². The molecule has 0 spiro atoms. The second-order valence-corrected chi connectivity index (χ2v) is 10.8. The number of carbonyl (C=O) groups excluding carboxylic acids is 1. The number of nitrogens with zero attached hydrogens (tertiary/aromatic N) is 1. The Labute approximate surface area is 198 Å². The number of anilines is 1. The number of hydrogen-bond acceptors (Lipinski definition) is 3. The Morgan fingerprint density at radius 3 is 2.00 bits per heavy atom. The van der Waals surface area contributed by atoms with Crippen LogP contribution in [0.2, 0.25) is 0 Å². The van der Waals surface area contributed by atoms with Gasteiger partial charge in [0.25, 0.3) is 0 Å². The number of halogens is 1. The van der Waals surface area contributed by atoms with Gasteiger partial charge in [-0.2, -0.15) is 4.31 Å². The van der Waals surface area contributed by atoms with Crippen molar-refractivity contribution >= 4 is 37.5 Å². The molecule has 32 heavy (non-hydrogen) atoms. The van der Waals surface area contributed by atoms with E-state index in [9.17, 15) is 13.2 Å². The summed E-state index contributed by atoms with van der Waals surface area (Å²) in [5.41, 5.74) is 4.85. The highest BCUT2D eigenvalue weighted by Gasteiger charge is 2.30. The molecule has 0 atom stereocenters. The average Bonchev–Trinajstić information content (AvgIpc) is 2.70. The molecular weight excluding hydrogens is 488 g/mol. The van der Waals surface area contributed by atoms with Crippen LogP contribution in [0.3, 0.4) is 0 Å². The van der Waals surface area contributed by atoms with Crippen LogP contribution in [-0.2, 0) is 21.4 Å². The van der Waals surface area contributed by atoms with Crippen LogP contribution in [0.15, 0.2) is 70.0 Å². The molecule has 1 N–H and O–H groups in total. The number of amides is 1. The zero-order valence-corrected chi connectivity index (χ0v) is 21.0. The van der Waals surface area contributed by atoms with Crippen molar-refractivity contribution in [1.29, 1.82) is 0 Å². The predicted octanol–water partition coefficient (Wildman–Crippen LogP) is 5.51. The van der Waals surface area contributed by atoms with Crippen LogP contribution in [0, 0.1) is 27.7 Å². The van der Waals surface area contributed by atoms with Gasteiger partial charge < -0.3 is 5.32 Å². The van der Waals surface area contributed by atoms with Crippen molar-refractivity contribution in [2.24, 2.45) is 0 Å². The molecule has 3 aromatic carbocycles. The maximum absolute atomic E-state index is 13.7. The summed E-state index contributed by atoms with van der Waals surface area (Å²) in [5, 5.41) is 2.79.